The van der Waals surface area contributed by atoms with Crippen molar-refractivity contribution in [3.8, 4) is 11.5 Å². The van der Waals surface area contributed by atoms with Gasteiger partial charge in [-0.3, -0.25) is 4.79 Å². The summed E-state index contributed by atoms with van der Waals surface area (Å²) >= 11 is 0. The maximum atomic E-state index is 10.4. The van der Waals surface area contributed by atoms with Crippen LogP contribution < -0.4 is 15.2 Å². The van der Waals surface area contributed by atoms with Gasteiger partial charge in [-0.15, -0.1) is 0 Å². The summed E-state index contributed by atoms with van der Waals surface area (Å²) < 4.78 is 10.3. The SMILES string of the molecule is COc1ccc(OCCC(N)C(=O)O)cc1. The van der Waals surface area contributed by atoms with Crippen LogP contribution in [0.1, 0.15) is 6.42 Å². The Hall–Kier alpha value is -1.75. The van der Waals surface area contributed by atoms with Crippen molar-refractivity contribution in [1.82, 2.24) is 0 Å². The van der Waals surface area contributed by atoms with Crippen molar-refractivity contribution < 1.29 is 19.4 Å². The molecule has 0 aliphatic carbocycles. The fraction of sp³-hybridized carbons (Fsp3) is 0.364. The van der Waals surface area contributed by atoms with E-state index < -0.39 is 12.0 Å². The average molecular weight is 225 g/mol. The lowest BCUT2D eigenvalue weighted by Gasteiger charge is -2.09. The number of hydrogen-bond acceptors (Lipinski definition) is 4. The first kappa shape index (κ1) is 12.3. The predicted molar refractivity (Wildman–Crippen MR) is 58.7 cm³/mol. The molecule has 0 saturated heterocycles. The smallest absolute Gasteiger partial charge is 0.320 e. The van der Waals surface area contributed by atoms with Gasteiger partial charge in [0, 0.05) is 6.42 Å². The summed E-state index contributed by atoms with van der Waals surface area (Å²) in [5.74, 6) is 0.395. The van der Waals surface area contributed by atoms with Crippen molar-refractivity contribution in [3.63, 3.8) is 0 Å². The molecule has 0 heterocycles. The average Bonchev–Trinajstić information content (AvgIpc) is 2.29. The maximum Gasteiger partial charge on any atom is 0.320 e. The molecule has 5 nitrogen and oxygen atoms in total. The van der Waals surface area contributed by atoms with Gasteiger partial charge < -0.3 is 20.3 Å². The van der Waals surface area contributed by atoms with E-state index in [1.165, 1.54) is 0 Å². The zero-order chi connectivity index (χ0) is 12.0. The third-order valence-corrected chi connectivity index (χ3v) is 2.07. The third kappa shape index (κ3) is 3.78. The number of ether oxygens (including phenoxy) is 2. The molecule has 1 aromatic carbocycles. The van der Waals surface area contributed by atoms with Crippen molar-refractivity contribution in [1.29, 1.82) is 0 Å². The van der Waals surface area contributed by atoms with Crippen molar-refractivity contribution in [2.24, 2.45) is 5.73 Å². The van der Waals surface area contributed by atoms with E-state index in [1.807, 2.05) is 0 Å². The van der Waals surface area contributed by atoms with Gasteiger partial charge in [0.15, 0.2) is 0 Å². The maximum absolute atomic E-state index is 10.4. The normalized spacial score (nSPS) is 11.9. The van der Waals surface area contributed by atoms with Crippen molar-refractivity contribution in [3.05, 3.63) is 24.3 Å². The van der Waals surface area contributed by atoms with E-state index in [4.69, 9.17) is 20.3 Å². The zero-order valence-corrected chi connectivity index (χ0v) is 9.05. The number of hydrogen-bond donors (Lipinski definition) is 2. The summed E-state index contributed by atoms with van der Waals surface area (Å²) in [5.41, 5.74) is 5.33. The number of carboxylic acids is 1. The van der Waals surface area contributed by atoms with E-state index in [0.29, 0.717) is 5.75 Å². The van der Waals surface area contributed by atoms with Crippen molar-refractivity contribution >= 4 is 5.97 Å². The van der Waals surface area contributed by atoms with Crippen molar-refractivity contribution in [2.45, 2.75) is 12.5 Å². The molecule has 0 aliphatic heterocycles. The van der Waals surface area contributed by atoms with E-state index in [9.17, 15) is 4.79 Å². The van der Waals surface area contributed by atoms with Crippen molar-refractivity contribution in [2.75, 3.05) is 13.7 Å². The predicted octanol–water partition coefficient (Wildman–Crippen LogP) is 0.876. The summed E-state index contributed by atoms with van der Waals surface area (Å²) in [5, 5.41) is 8.55. The Morgan fingerprint density at radius 3 is 2.44 bits per heavy atom. The molecular formula is C11H15NO4. The number of carbonyl (C=O) groups is 1. The Bertz CT molecular complexity index is 336. The molecular weight excluding hydrogens is 210 g/mol. The summed E-state index contributed by atoms with van der Waals surface area (Å²) in [6.07, 6.45) is 0.279. The molecule has 0 aliphatic rings. The van der Waals surface area contributed by atoms with Gasteiger partial charge in [-0.1, -0.05) is 0 Å². The van der Waals surface area contributed by atoms with Crippen LogP contribution >= 0.6 is 0 Å². The van der Waals surface area contributed by atoms with Crippen LogP contribution in [0.15, 0.2) is 24.3 Å². The topological polar surface area (TPSA) is 81.8 Å². The Kier molecular flexibility index (Phi) is 4.60. The van der Waals surface area contributed by atoms with Gasteiger partial charge in [0.1, 0.15) is 17.5 Å². The minimum Gasteiger partial charge on any atom is -0.497 e. The molecule has 3 N–H and O–H groups in total. The van der Waals surface area contributed by atoms with Crippen LogP contribution in [0.4, 0.5) is 0 Å². The summed E-state index contributed by atoms with van der Waals surface area (Å²) in [4.78, 5) is 10.4. The largest absolute Gasteiger partial charge is 0.497 e. The Balaban J connectivity index is 2.34. The third-order valence-electron chi connectivity index (χ3n) is 2.07. The number of aliphatic carboxylic acids is 1. The van der Waals surface area contributed by atoms with Gasteiger partial charge >= 0.3 is 5.97 Å². The highest BCUT2D eigenvalue weighted by Crippen LogP contribution is 2.17. The standard InChI is InChI=1S/C11H15NO4/c1-15-8-2-4-9(5-3-8)16-7-6-10(12)11(13)14/h2-5,10H,6-7,12H2,1H3,(H,13,14). The summed E-state index contributed by atoms with van der Waals surface area (Å²) in [6.45, 7) is 0.278. The molecule has 0 aromatic heterocycles. The van der Waals surface area contributed by atoms with E-state index in [-0.39, 0.29) is 13.0 Å². The first-order valence-corrected chi connectivity index (χ1v) is 4.88. The van der Waals surface area contributed by atoms with E-state index in [0.717, 1.165) is 5.75 Å². The fourth-order valence-electron chi connectivity index (χ4n) is 1.10. The fourth-order valence-corrected chi connectivity index (χ4v) is 1.10. The van der Waals surface area contributed by atoms with Gasteiger partial charge in [-0.2, -0.15) is 0 Å². The molecule has 1 unspecified atom stereocenters. The van der Waals surface area contributed by atoms with E-state index >= 15 is 0 Å². The summed E-state index contributed by atoms with van der Waals surface area (Å²) in [6, 6.07) is 6.17. The molecule has 0 bridgehead atoms. The molecule has 0 amide bonds. The molecule has 0 fully saturated rings. The number of methoxy groups -OCH3 is 1. The van der Waals surface area contributed by atoms with E-state index in [2.05, 4.69) is 0 Å². The Morgan fingerprint density at radius 2 is 1.94 bits per heavy atom. The highest BCUT2D eigenvalue weighted by molar-refractivity contribution is 5.72. The van der Waals surface area contributed by atoms with Crippen LogP contribution in [0.25, 0.3) is 0 Å². The Labute approximate surface area is 93.8 Å². The second-order valence-corrected chi connectivity index (χ2v) is 3.26. The number of nitrogens with two attached hydrogens (primary N) is 1. The molecule has 1 atom stereocenters. The highest BCUT2D eigenvalue weighted by Gasteiger charge is 2.10. The van der Waals surface area contributed by atoms with E-state index in [1.54, 1.807) is 31.4 Å². The van der Waals surface area contributed by atoms with Crippen LogP contribution in [-0.4, -0.2) is 30.8 Å². The zero-order valence-electron chi connectivity index (χ0n) is 9.05. The molecule has 1 rings (SSSR count). The number of carboxylic acid groups (broad SMARTS) is 1. The number of benzene rings is 1. The van der Waals surface area contributed by atoms with Gasteiger partial charge in [0.25, 0.3) is 0 Å². The number of rotatable bonds is 6. The molecule has 88 valence electrons. The first-order valence-electron chi connectivity index (χ1n) is 4.88. The second-order valence-electron chi connectivity index (χ2n) is 3.26. The molecule has 0 saturated carbocycles. The molecule has 16 heavy (non-hydrogen) atoms. The molecule has 0 radical (unpaired) electrons. The lowest BCUT2D eigenvalue weighted by Crippen LogP contribution is -2.31. The molecule has 1 aromatic rings. The summed E-state index contributed by atoms with van der Waals surface area (Å²) in [7, 11) is 1.59. The van der Waals surface area contributed by atoms with Crippen LogP contribution in [0, 0.1) is 0 Å². The van der Waals surface area contributed by atoms with Gasteiger partial charge in [-0.25, -0.2) is 0 Å². The van der Waals surface area contributed by atoms with Crippen LogP contribution in [0.5, 0.6) is 11.5 Å². The second kappa shape index (κ2) is 5.97. The van der Waals surface area contributed by atoms with Crippen LogP contribution in [0.3, 0.4) is 0 Å². The van der Waals surface area contributed by atoms with Gasteiger partial charge in [0.05, 0.1) is 13.7 Å². The highest BCUT2D eigenvalue weighted by atomic mass is 16.5. The lowest BCUT2D eigenvalue weighted by molar-refractivity contribution is -0.138. The van der Waals surface area contributed by atoms with Crippen LogP contribution in [0.2, 0.25) is 0 Å². The molecule has 0 spiro atoms. The minimum atomic E-state index is -1.02. The minimum absolute atomic E-state index is 0.278. The quantitative estimate of drug-likeness (QED) is 0.750. The monoisotopic (exact) mass is 225 g/mol. The molecule has 5 heteroatoms. The van der Waals surface area contributed by atoms with Gasteiger partial charge in [-0.05, 0) is 24.3 Å². The first-order chi connectivity index (χ1) is 7.63. The van der Waals surface area contributed by atoms with Gasteiger partial charge in [0.2, 0.25) is 0 Å². The lowest BCUT2D eigenvalue weighted by atomic mass is 10.2. The Morgan fingerprint density at radius 1 is 1.38 bits per heavy atom. The van der Waals surface area contributed by atoms with Crippen LogP contribution in [-0.2, 0) is 4.79 Å².